The molecule has 0 aromatic carbocycles. The summed E-state index contributed by atoms with van der Waals surface area (Å²) in [6, 6.07) is 9.70. The van der Waals surface area contributed by atoms with Crippen LogP contribution in [0.3, 0.4) is 0 Å². The number of amides is 1. The van der Waals surface area contributed by atoms with Crippen LogP contribution in [0, 0.1) is 6.92 Å². The molecule has 0 aliphatic rings. The largest absolute Gasteiger partial charge is 0.309 e. The molecule has 0 saturated carbocycles. The molecule has 0 saturated heterocycles. The van der Waals surface area contributed by atoms with Gasteiger partial charge in [-0.25, -0.2) is 4.68 Å². The fourth-order valence-electron chi connectivity index (χ4n) is 2.95. The smallest absolute Gasteiger partial charge is 0.247 e. The van der Waals surface area contributed by atoms with Crippen molar-refractivity contribution >= 4 is 11.7 Å². The number of nitrogens with one attached hydrogen (secondary N) is 1. The fourth-order valence-corrected chi connectivity index (χ4v) is 2.95. The zero-order chi connectivity index (χ0) is 18.5. The average molecular weight is 352 g/mol. The molecular weight excluding hydrogens is 328 g/mol. The zero-order valence-electron chi connectivity index (χ0n) is 15.4. The normalized spacial score (nSPS) is 11.1. The molecule has 7 nitrogen and oxygen atoms in total. The Balaban J connectivity index is 1.69. The monoisotopic (exact) mass is 352 g/mol. The van der Waals surface area contributed by atoms with Crippen molar-refractivity contribution in [3.8, 4) is 11.4 Å². The lowest BCUT2D eigenvalue weighted by atomic mass is 10.2. The van der Waals surface area contributed by atoms with E-state index in [1.807, 2.05) is 41.9 Å². The van der Waals surface area contributed by atoms with Crippen LogP contribution in [0.2, 0.25) is 0 Å². The second-order valence-corrected chi connectivity index (χ2v) is 6.25. The van der Waals surface area contributed by atoms with E-state index in [2.05, 4.69) is 34.3 Å². The first-order chi connectivity index (χ1) is 12.6. The molecule has 3 aromatic rings. The predicted octanol–water partition coefficient (Wildman–Crippen LogP) is 3.45. The highest BCUT2D eigenvalue weighted by atomic mass is 16.2. The Morgan fingerprint density at radius 3 is 2.65 bits per heavy atom. The van der Waals surface area contributed by atoms with Crippen LogP contribution in [0.4, 0.5) is 5.82 Å². The molecule has 1 N–H and O–H groups in total. The number of hydrogen-bond donors (Lipinski definition) is 1. The van der Waals surface area contributed by atoms with Gasteiger partial charge in [-0.15, -0.1) is 0 Å². The first-order valence-corrected chi connectivity index (χ1v) is 8.91. The summed E-state index contributed by atoms with van der Waals surface area (Å²) in [6.07, 6.45) is 5.44. The van der Waals surface area contributed by atoms with Crippen molar-refractivity contribution in [2.75, 3.05) is 5.32 Å². The summed E-state index contributed by atoms with van der Waals surface area (Å²) in [6.45, 7) is 6.32. The molecule has 1 amide bonds. The molecule has 0 aliphatic carbocycles. The highest BCUT2D eigenvalue weighted by Gasteiger charge is 2.15. The number of nitrogens with zero attached hydrogens (tertiary/aromatic N) is 5. The minimum atomic E-state index is -0.132. The van der Waals surface area contributed by atoms with Gasteiger partial charge < -0.3 is 5.32 Å². The minimum Gasteiger partial charge on any atom is -0.309 e. The molecule has 3 rings (SSSR count). The van der Waals surface area contributed by atoms with Crippen molar-refractivity contribution in [1.82, 2.24) is 24.5 Å². The molecule has 0 radical (unpaired) electrons. The van der Waals surface area contributed by atoms with Crippen molar-refractivity contribution < 1.29 is 4.79 Å². The molecule has 0 aliphatic heterocycles. The number of aromatic nitrogens is 5. The van der Waals surface area contributed by atoms with E-state index in [1.165, 1.54) is 0 Å². The van der Waals surface area contributed by atoms with Crippen LogP contribution in [0.1, 0.15) is 38.4 Å². The Bertz CT molecular complexity index is 863. The van der Waals surface area contributed by atoms with Gasteiger partial charge in [-0.3, -0.25) is 14.5 Å². The molecule has 0 spiro atoms. The van der Waals surface area contributed by atoms with E-state index in [9.17, 15) is 4.79 Å². The lowest BCUT2D eigenvalue weighted by Gasteiger charge is -2.17. The third-order valence-electron chi connectivity index (χ3n) is 4.29. The molecular formula is C19H24N6O. The highest BCUT2D eigenvalue weighted by Crippen LogP contribution is 2.22. The maximum Gasteiger partial charge on any atom is 0.247 e. The number of anilines is 1. The van der Waals surface area contributed by atoms with Crippen LogP contribution in [-0.2, 0) is 11.3 Å². The number of carbonyl (C=O) groups excluding carboxylic acids is 1. The lowest BCUT2D eigenvalue weighted by molar-refractivity contribution is -0.116. The number of aryl methyl sites for hydroxylation is 1. The second-order valence-electron chi connectivity index (χ2n) is 6.25. The van der Waals surface area contributed by atoms with Crippen LogP contribution in [0.5, 0.6) is 0 Å². The second kappa shape index (κ2) is 7.95. The van der Waals surface area contributed by atoms with E-state index in [0.29, 0.717) is 0 Å². The van der Waals surface area contributed by atoms with E-state index in [1.54, 1.807) is 17.1 Å². The van der Waals surface area contributed by atoms with Gasteiger partial charge in [0.2, 0.25) is 5.91 Å². The Kier molecular flexibility index (Phi) is 5.46. The molecule has 0 unspecified atom stereocenters. The molecule has 136 valence electrons. The summed E-state index contributed by atoms with van der Waals surface area (Å²) in [7, 11) is 0. The maximum atomic E-state index is 12.5. The summed E-state index contributed by atoms with van der Waals surface area (Å²) < 4.78 is 3.53. The van der Waals surface area contributed by atoms with Crippen LogP contribution in [0.15, 0.2) is 42.7 Å². The van der Waals surface area contributed by atoms with Gasteiger partial charge >= 0.3 is 0 Å². The van der Waals surface area contributed by atoms with Crippen molar-refractivity contribution in [1.29, 1.82) is 0 Å². The standard InChI is InChI=1S/C19H24N6O/c1-4-15(5-2)25-18(12-14(3)22-25)21-19(26)13-24-11-9-17(23-24)16-8-6-7-10-20-16/h6-12,15H,4-5,13H2,1-3H3,(H,21,26). The van der Waals surface area contributed by atoms with Gasteiger partial charge in [-0.1, -0.05) is 19.9 Å². The number of pyridine rings is 1. The van der Waals surface area contributed by atoms with E-state index in [0.717, 1.165) is 35.7 Å². The van der Waals surface area contributed by atoms with Gasteiger partial charge in [0.25, 0.3) is 0 Å². The van der Waals surface area contributed by atoms with Gasteiger partial charge in [0.1, 0.15) is 18.1 Å². The van der Waals surface area contributed by atoms with Gasteiger partial charge in [-0.2, -0.15) is 10.2 Å². The third kappa shape index (κ3) is 3.99. The van der Waals surface area contributed by atoms with Crippen molar-refractivity contribution in [2.24, 2.45) is 0 Å². The van der Waals surface area contributed by atoms with Gasteiger partial charge in [-0.05, 0) is 38.0 Å². The Morgan fingerprint density at radius 1 is 1.15 bits per heavy atom. The van der Waals surface area contributed by atoms with Crippen LogP contribution in [0.25, 0.3) is 11.4 Å². The van der Waals surface area contributed by atoms with Gasteiger partial charge in [0.15, 0.2) is 0 Å². The van der Waals surface area contributed by atoms with E-state index in [-0.39, 0.29) is 18.5 Å². The van der Waals surface area contributed by atoms with E-state index >= 15 is 0 Å². The van der Waals surface area contributed by atoms with Crippen molar-refractivity contribution in [2.45, 2.75) is 46.2 Å². The summed E-state index contributed by atoms with van der Waals surface area (Å²) in [4.78, 5) is 16.7. The molecule has 0 fully saturated rings. The first-order valence-electron chi connectivity index (χ1n) is 8.91. The molecule has 0 atom stereocenters. The SMILES string of the molecule is CCC(CC)n1nc(C)cc1NC(=O)Cn1ccc(-c2ccccn2)n1. The topological polar surface area (TPSA) is 77.6 Å². The minimum absolute atomic E-state index is 0.132. The Morgan fingerprint density at radius 2 is 1.96 bits per heavy atom. The summed E-state index contributed by atoms with van der Waals surface area (Å²) in [5, 5.41) is 11.9. The van der Waals surface area contributed by atoms with Gasteiger partial charge in [0, 0.05) is 18.5 Å². The Labute approximate surface area is 153 Å². The van der Waals surface area contributed by atoms with Crippen LogP contribution in [-0.4, -0.2) is 30.5 Å². The Hall–Kier alpha value is -2.96. The summed E-state index contributed by atoms with van der Waals surface area (Å²) in [5.41, 5.74) is 2.43. The number of rotatable bonds is 7. The number of hydrogen-bond acceptors (Lipinski definition) is 4. The van der Waals surface area contributed by atoms with Crippen molar-refractivity contribution in [3.05, 3.63) is 48.4 Å². The van der Waals surface area contributed by atoms with Crippen LogP contribution >= 0.6 is 0 Å². The van der Waals surface area contributed by atoms with Gasteiger partial charge in [0.05, 0.1) is 17.4 Å². The highest BCUT2D eigenvalue weighted by molar-refractivity contribution is 5.89. The third-order valence-corrected chi connectivity index (χ3v) is 4.29. The molecule has 3 heterocycles. The predicted molar refractivity (Wildman–Crippen MR) is 101 cm³/mol. The van der Waals surface area contributed by atoms with E-state index in [4.69, 9.17) is 0 Å². The average Bonchev–Trinajstić information content (AvgIpc) is 3.24. The summed E-state index contributed by atoms with van der Waals surface area (Å²) >= 11 is 0. The first kappa shape index (κ1) is 17.8. The molecule has 26 heavy (non-hydrogen) atoms. The van der Waals surface area contributed by atoms with Crippen molar-refractivity contribution in [3.63, 3.8) is 0 Å². The maximum absolute atomic E-state index is 12.5. The molecule has 7 heteroatoms. The lowest BCUT2D eigenvalue weighted by Crippen LogP contribution is -2.22. The van der Waals surface area contributed by atoms with E-state index < -0.39 is 0 Å². The zero-order valence-corrected chi connectivity index (χ0v) is 15.4. The number of carbonyl (C=O) groups is 1. The quantitative estimate of drug-likeness (QED) is 0.706. The van der Waals surface area contributed by atoms with Crippen LogP contribution < -0.4 is 5.32 Å². The fraction of sp³-hybridized carbons (Fsp3) is 0.368. The summed E-state index contributed by atoms with van der Waals surface area (Å²) in [5.74, 6) is 0.603. The molecule has 3 aromatic heterocycles. The molecule has 0 bridgehead atoms.